The zero-order chi connectivity index (χ0) is 18.3. The fourth-order valence-corrected chi connectivity index (χ4v) is 2.93. The topological polar surface area (TPSA) is 97.0 Å². The number of benzene rings is 1. The number of carbonyl (C=O) groups excluding carboxylic acids is 3. The minimum absolute atomic E-state index is 0.00313. The second kappa shape index (κ2) is 6.42. The summed E-state index contributed by atoms with van der Waals surface area (Å²) in [5, 5.41) is 11.0. The van der Waals surface area contributed by atoms with Crippen LogP contribution in [-0.4, -0.2) is 22.9 Å². The molecule has 0 aliphatic carbocycles. The van der Waals surface area contributed by atoms with Crippen molar-refractivity contribution in [3.8, 4) is 22.8 Å². The maximum atomic E-state index is 12.0. The van der Waals surface area contributed by atoms with Crippen molar-refractivity contribution in [3.05, 3.63) is 28.2 Å². The van der Waals surface area contributed by atoms with Gasteiger partial charge in [0, 0.05) is 30.4 Å². The first kappa shape index (κ1) is 17.3. The number of amides is 2. The number of halogens is 2. The quantitative estimate of drug-likeness (QED) is 0.642. The van der Waals surface area contributed by atoms with E-state index in [1.807, 2.05) is 0 Å². The summed E-state index contributed by atoms with van der Waals surface area (Å²) in [5.74, 6) is -3.30. The molecule has 1 aliphatic heterocycles. The summed E-state index contributed by atoms with van der Waals surface area (Å²) in [6.07, 6.45) is -0.00627. The van der Waals surface area contributed by atoms with E-state index in [2.05, 4.69) is 0 Å². The van der Waals surface area contributed by atoms with E-state index in [1.165, 1.54) is 18.2 Å². The van der Waals surface area contributed by atoms with E-state index in [1.54, 1.807) is 0 Å². The number of furan rings is 1. The van der Waals surface area contributed by atoms with Gasteiger partial charge in [-0.3, -0.25) is 14.4 Å². The molecule has 25 heavy (non-hydrogen) atoms. The molecule has 7 nitrogen and oxygen atoms in total. The Balaban J connectivity index is 2.20. The van der Waals surface area contributed by atoms with E-state index < -0.39 is 29.3 Å². The molecule has 2 amide bonds. The monoisotopic (exact) mass is 383 g/mol. The van der Waals surface area contributed by atoms with Crippen LogP contribution in [0.2, 0.25) is 10.0 Å². The molecular weight excluding hydrogens is 373 g/mol. The van der Waals surface area contributed by atoms with Crippen molar-refractivity contribution < 1.29 is 28.6 Å². The molecule has 1 aliphatic rings. The number of imide groups is 1. The first-order valence-corrected chi connectivity index (χ1v) is 7.90. The van der Waals surface area contributed by atoms with Gasteiger partial charge in [0.25, 0.3) is 5.88 Å². The Morgan fingerprint density at radius 2 is 1.88 bits per heavy atom. The fourth-order valence-electron chi connectivity index (χ4n) is 2.44. The van der Waals surface area contributed by atoms with Crippen molar-refractivity contribution in [2.75, 3.05) is 4.90 Å². The van der Waals surface area contributed by atoms with Gasteiger partial charge in [-0.2, -0.15) is 0 Å². The number of carbonyl (C=O) groups is 3. The zero-order valence-electron chi connectivity index (χ0n) is 12.8. The molecular formula is C16H11Cl2NO6. The molecule has 1 N–H and O–H groups in total. The molecule has 0 atom stereocenters. The van der Waals surface area contributed by atoms with Crippen LogP contribution in [0.15, 0.2) is 22.6 Å². The molecule has 0 bridgehead atoms. The van der Waals surface area contributed by atoms with Crippen molar-refractivity contribution in [2.45, 2.75) is 19.8 Å². The predicted molar refractivity (Wildman–Crippen MR) is 88.9 cm³/mol. The third-order valence-corrected chi connectivity index (χ3v) is 4.05. The van der Waals surface area contributed by atoms with Crippen LogP contribution in [0.5, 0.6) is 11.5 Å². The SMILES string of the molecule is CC(=O)Oc1c(N2C(=O)CCC2=O)oc(-c2ccc(Cl)cc2Cl)c1O. The van der Waals surface area contributed by atoms with Crippen molar-refractivity contribution in [3.63, 3.8) is 0 Å². The lowest BCUT2D eigenvalue weighted by molar-refractivity contribution is -0.132. The largest absolute Gasteiger partial charge is 0.502 e. The van der Waals surface area contributed by atoms with Gasteiger partial charge in [0.05, 0.1) is 5.02 Å². The lowest BCUT2D eigenvalue weighted by atomic mass is 10.1. The number of ether oxygens (including phenoxy) is 1. The summed E-state index contributed by atoms with van der Waals surface area (Å²) >= 11 is 12.0. The van der Waals surface area contributed by atoms with Crippen LogP contribution in [0, 0.1) is 0 Å². The van der Waals surface area contributed by atoms with Crippen LogP contribution in [-0.2, 0) is 14.4 Å². The summed E-state index contributed by atoms with van der Waals surface area (Å²) in [6, 6.07) is 4.43. The van der Waals surface area contributed by atoms with Gasteiger partial charge in [0.15, 0.2) is 5.76 Å². The zero-order valence-corrected chi connectivity index (χ0v) is 14.3. The Morgan fingerprint density at radius 1 is 1.24 bits per heavy atom. The molecule has 9 heteroatoms. The second-order valence-corrected chi connectivity index (χ2v) is 6.10. The Kier molecular flexibility index (Phi) is 4.45. The van der Waals surface area contributed by atoms with E-state index in [4.69, 9.17) is 32.4 Å². The van der Waals surface area contributed by atoms with Crippen LogP contribution in [0.3, 0.4) is 0 Å². The number of esters is 1. The molecule has 0 unspecified atom stereocenters. The van der Waals surface area contributed by atoms with E-state index in [0.717, 1.165) is 11.8 Å². The predicted octanol–water partition coefficient (Wildman–Crippen LogP) is 3.54. The Morgan fingerprint density at radius 3 is 2.44 bits per heavy atom. The number of aromatic hydroxyl groups is 1. The highest BCUT2D eigenvalue weighted by Crippen LogP contribution is 2.50. The molecule has 3 rings (SSSR count). The van der Waals surface area contributed by atoms with E-state index >= 15 is 0 Å². The average Bonchev–Trinajstić information content (AvgIpc) is 3.00. The van der Waals surface area contributed by atoms with Crippen LogP contribution in [0.25, 0.3) is 11.3 Å². The highest BCUT2D eigenvalue weighted by molar-refractivity contribution is 6.36. The minimum atomic E-state index is -0.759. The van der Waals surface area contributed by atoms with Gasteiger partial charge in [-0.1, -0.05) is 23.2 Å². The maximum Gasteiger partial charge on any atom is 0.308 e. The third-order valence-electron chi connectivity index (χ3n) is 3.50. The van der Waals surface area contributed by atoms with Crippen molar-refractivity contribution >= 4 is 46.9 Å². The summed E-state index contributed by atoms with van der Waals surface area (Å²) in [4.78, 5) is 36.0. The van der Waals surface area contributed by atoms with Crippen LogP contribution >= 0.6 is 23.2 Å². The third kappa shape index (κ3) is 3.08. The Labute approximate surface area is 151 Å². The highest BCUT2D eigenvalue weighted by Gasteiger charge is 2.38. The van der Waals surface area contributed by atoms with Gasteiger partial charge in [-0.05, 0) is 18.2 Å². The van der Waals surface area contributed by atoms with Gasteiger partial charge >= 0.3 is 5.97 Å². The number of rotatable bonds is 3. The molecule has 0 saturated carbocycles. The smallest absolute Gasteiger partial charge is 0.308 e. The second-order valence-electron chi connectivity index (χ2n) is 5.25. The molecule has 2 heterocycles. The van der Waals surface area contributed by atoms with Crippen LogP contribution in [0.1, 0.15) is 19.8 Å². The Bertz CT molecular complexity index is 888. The fraction of sp³-hybridized carbons (Fsp3) is 0.188. The van der Waals surface area contributed by atoms with Crippen molar-refractivity contribution in [1.82, 2.24) is 0 Å². The molecule has 1 aromatic carbocycles. The van der Waals surface area contributed by atoms with Gasteiger partial charge in [-0.25, -0.2) is 4.90 Å². The maximum absolute atomic E-state index is 12.0. The summed E-state index contributed by atoms with van der Waals surface area (Å²) in [5.41, 5.74) is 0.252. The molecule has 1 fully saturated rings. The lowest BCUT2D eigenvalue weighted by Gasteiger charge is -2.11. The number of anilines is 1. The molecule has 1 aromatic heterocycles. The number of hydrogen-bond acceptors (Lipinski definition) is 6. The van der Waals surface area contributed by atoms with Crippen LogP contribution in [0.4, 0.5) is 5.88 Å². The van der Waals surface area contributed by atoms with Gasteiger partial charge in [0.2, 0.25) is 23.3 Å². The van der Waals surface area contributed by atoms with E-state index in [0.29, 0.717) is 5.02 Å². The first-order valence-electron chi connectivity index (χ1n) is 7.15. The standard InChI is InChI=1S/C16H11Cl2NO6/c1-7(20)24-15-13(23)14(9-3-2-8(17)6-10(9)18)25-16(15)19-11(21)4-5-12(19)22/h2-3,6,23H,4-5H2,1H3. The summed E-state index contributed by atoms with van der Waals surface area (Å²) in [6.45, 7) is 1.11. The van der Waals surface area contributed by atoms with Crippen molar-refractivity contribution in [2.24, 2.45) is 0 Å². The van der Waals surface area contributed by atoms with Gasteiger partial charge in [-0.15, -0.1) is 0 Å². The van der Waals surface area contributed by atoms with Gasteiger partial charge < -0.3 is 14.3 Å². The van der Waals surface area contributed by atoms with Crippen LogP contribution < -0.4 is 9.64 Å². The summed E-state index contributed by atoms with van der Waals surface area (Å²) in [7, 11) is 0. The van der Waals surface area contributed by atoms with Crippen molar-refractivity contribution in [1.29, 1.82) is 0 Å². The normalized spacial score (nSPS) is 14.3. The molecule has 2 aromatic rings. The lowest BCUT2D eigenvalue weighted by Crippen LogP contribution is -2.28. The molecule has 0 radical (unpaired) electrons. The Hall–Kier alpha value is -2.51. The average molecular weight is 384 g/mol. The molecule has 1 saturated heterocycles. The van der Waals surface area contributed by atoms with Gasteiger partial charge in [0.1, 0.15) is 0 Å². The highest BCUT2D eigenvalue weighted by atomic mass is 35.5. The van der Waals surface area contributed by atoms with E-state index in [9.17, 15) is 19.5 Å². The minimum Gasteiger partial charge on any atom is -0.502 e. The number of nitrogens with zero attached hydrogens (tertiary/aromatic N) is 1. The number of hydrogen-bond donors (Lipinski definition) is 1. The molecule has 130 valence electrons. The van der Waals surface area contributed by atoms with E-state index in [-0.39, 0.29) is 35.1 Å². The molecule has 0 spiro atoms. The first-order chi connectivity index (χ1) is 11.8. The summed E-state index contributed by atoms with van der Waals surface area (Å²) < 4.78 is 10.5.